The van der Waals surface area contributed by atoms with Crippen LogP contribution in [0.5, 0.6) is 0 Å². The van der Waals surface area contributed by atoms with E-state index in [0.717, 1.165) is 18.8 Å². The lowest BCUT2D eigenvalue weighted by atomic mass is 9.97. The maximum Gasteiger partial charge on any atom is 0.224 e. The molecule has 0 saturated carbocycles. The Balaban J connectivity index is 2.33. The highest BCUT2D eigenvalue weighted by molar-refractivity contribution is 7.98. The van der Waals surface area contributed by atoms with Gasteiger partial charge >= 0.3 is 0 Å². The molecule has 0 spiro atoms. The minimum atomic E-state index is 0.166. The first-order valence-electron chi connectivity index (χ1n) is 5.15. The van der Waals surface area contributed by atoms with Gasteiger partial charge in [-0.1, -0.05) is 6.92 Å². The molecular formula is C10H20N2OS. The Morgan fingerprint density at radius 2 is 2.36 bits per heavy atom. The van der Waals surface area contributed by atoms with E-state index in [-0.39, 0.29) is 17.9 Å². The van der Waals surface area contributed by atoms with E-state index in [0.29, 0.717) is 5.92 Å². The number of thioether (sulfide) groups is 1. The summed E-state index contributed by atoms with van der Waals surface area (Å²) in [5, 5.41) is 6.30. The van der Waals surface area contributed by atoms with Crippen LogP contribution in [0.1, 0.15) is 13.8 Å². The van der Waals surface area contributed by atoms with Crippen molar-refractivity contribution < 1.29 is 4.79 Å². The molecule has 1 aliphatic rings. The van der Waals surface area contributed by atoms with E-state index in [9.17, 15) is 4.79 Å². The Morgan fingerprint density at radius 1 is 1.64 bits per heavy atom. The normalized spacial score (nSPS) is 28.8. The van der Waals surface area contributed by atoms with E-state index >= 15 is 0 Å². The summed E-state index contributed by atoms with van der Waals surface area (Å²) in [4.78, 5) is 11.8. The Hall–Kier alpha value is -0.220. The van der Waals surface area contributed by atoms with Crippen LogP contribution in [-0.2, 0) is 4.79 Å². The molecule has 0 bridgehead atoms. The average molecular weight is 216 g/mol. The largest absolute Gasteiger partial charge is 0.353 e. The maximum absolute atomic E-state index is 11.8. The molecule has 4 heteroatoms. The first kappa shape index (κ1) is 11.9. The summed E-state index contributed by atoms with van der Waals surface area (Å²) >= 11 is 1.76. The SMILES string of the molecule is CSCC(C)NC(=O)C1CNCC1C. The zero-order valence-corrected chi connectivity index (χ0v) is 9.99. The quantitative estimate of drug-likeness (QED) is 0.727. The minimum Gasteiger partial charge on any atom is -0.353 e. The van der Waals surface area contributed by atoms with E-state index in [4.69, 9.17) is 0 Å². The summed E-state index contributed by atoms with van der Waals surface area (Å²) in [6, 6.07) is 0.283. The zero-order valence-electron chi connectivity index (χ0n) is 9.17. The maximum atomic E-state index is 11.8. The predicted octanol–water partition coefficient (Wildman–Crippen LogP) is 0.710. The summed E-state index contributed by atoms with van der Waals surface area (Å²) in [7, 11) is 0. The molecule has 0 aromatic heterocycles. The van der Waals surface area contributed by atoms with Gasteiger partial charge in [-0.15, -0.1) is 0 Å². The van der Waals surface area contributed by atoms with Crippen molar-refractivity contribution in [2.75, 3.05) is 25.1 Å². The predicted molar refractivity (Wildman–Crippen MR) is 61.5 cm³/mol. The molecule has 3 nitrogen and oxygen atoms in total. The second-order valence-corrected chi connectivity index (χ2v) is 5.02. The van der Waals surface area contributed by atoms with Crippen molar-refractivity contribution in [2.45, 2.75) is 19.9 Å². The van der Waals surface area contributed by atoms with Crippen LogP contribution in [0.4, 0.5) is 0 Å². The van der Waals surface area contributed by atoms with Gasteiger partial charge in [0.1, 0.15) is 0 Å². The zero-order chi connectivity index (χ0) is 10.6. The molecule has 0 aromatic carbocycles. The molecule has 82 valence electrons. The number of hydrogen-bond donors (Lipinski definition) is 2. The van der Waals surface area contributed by atoms with Crippen molar-refractivity contribution in [2.24, 2.45) is 11.8 Å². The summed E-state index contributed by atoms with van der Waals surface area (Å²) in [5.74, 6) is 1.83. The molecule has 1 saturated heterocycles. The molecule has 2 N–H and O–H groups in total. The first-order chi connectivity index (χ1) is 6.65. The third kappa shape index (κ3) is 3.17. The molecule has 3 unspecified atom stereocenters. The van der Waals surface area contributed by atoms with Gasteiger partial charge in [-0.25, -0.2) is 0 Å². The van der Waals surface area contributed by atoms with E-state index < -0.39 is 0 Å². The van der Waals surface area contributed by atoms with E-state index in [2.05, 4.69) is 30.7 Å². The van der Waals surface area contributed by atoms with Gasteiger partial charge in [0.15, 0.2) is 0 Å². The van der Waals surface area contributed by atoms with Gasteiger partial charge in [-0.3, -0.25) is 4.79 Å². The first-order valence-corrected chi connectivity index (χ1v) is 6.54. The van der Waals surface area contributed by atoms with E-state index in [1.165, 1.54) is 0 Å². The smallest absolute Gasteiger partial charge is 0.224 e. The van der Waals surface area contributed by atoms with Gasteiger partial charge in [-0.05, 0) is 25.6 Å². The summed E-state index contributed by atoms with van der Waals surface area (Å²) in [6.45, 7) is 5.99. The fourth-order valence-electron chi connectivity index (χ4n) is 1.80. The minimum absolute atomic E-state index is 0.166. The lowest BCUT2D eigenvalue weighted by Crippen LogP contribution is -2.40. The van der Waals surface area contributed by atoms with Crippen molar-refractivity contribution in [3.05, 3.63) is 0 Å². The van der Waals surface area contributed by atoms with Crippen molar-refractivity contribution in [3.63, 3.8) is 0 Å². The average Bonchev–Trinajstić information content (AvgIpc) is 2.51. The van der Waals surface area contributed by atoms with Gasteiger partial charge in [0.05, 0.1) is 5.92 Å². The Kier molecular flexibility index (Phi) is 4.75. The molecule has 0 radical (unpaired) electrons. The fourth-order valence-corrected chi connectivity index (χ4v) is 2.39. The van der Waals surface area contributed by atoms with Crippen LogP contribution >= 0.6 is 11.8 Å². The molecule has 1 heterocycles. The topological polar surface area (TPSA) is 41.1 Å². The Bertz CT molecular complexity index is 199. The highest BCUT2D eigenvalue weighted by Crippen LogP contribution is 2.15. The lowest BCUT2D eigenvalue weighted by molar-refractivity contribution is -0.125. The Morgan fingerprint density at radius 3 is 2.86 bits per heavy atom. The highest BCUT2D eigenvalue weighted by Gasteiger charge is 2.29. The number of rotatable bonds is 4. The second kappa shape index (κ2) is 5.61. The second-order valence-electron chi connectivity index (χ2n) is 4.11. The highest BCUT2D eigenvalue weighted by atomic mass is 32.2. The molecular weight excluding hydrogens is 196 g/mol. The van der Waals surface area contributed by atoms with Crippen LogP contribution in [0.2, 0.25) is 0 Å². The van der Waals surface area contributed by atoms with Crippen molar-refractivity contribution in [1.29, 1.82) is 0 Å². The molecule has 14 heavy (non-hydrogen) atoms. The summed E-state index contributed by atoms with van der Waals surface area (Å²) in [6.07, 6.45) is 2.06. The number of hydrogen-bond acceptors (Lipinski definition) is 3. The van der Waals surface area contributed by atoms with Crippen LogP contribution in [0, 0.1) is 11.8 Å². The van der Waals surface area contributed by atoms with Crippen molar-refractivity contribution in [3.8, 4) is 0 Å². The van der Waals surface area contributed by atoms with Gasteiger partial charge in [0, 0.05) is 18.3 Å². The molecule has 0 aliphatic carbocycles. The third-order valence-corrected chi connectivity index (χ3v) is 3.49. The van der Waals surface area contributed by atoms with Crippen LogP contribution < -0.4 is 10.6 Å². The van der Waals surface area contributed by atoms with Crippen molar-refractivity contribution in [1.82, 2.24) is 10.6 Å². The van der Waals surface area contributed by atoms with E-state index in [1.807, 2.05) is 0 Å². The number of carbonyl (C=O) groups excluding carboxylic acids is 1. The summed E-state index contributed by atoms with van der Waals surface area (Å²) in [5.41, 5.74) is 0. The Labute approximate surface area is 90.4 Å². The van der Waals surface area contributed by atoms with Crippen LogP contribution in [0.15, 0.2) is 0 Å². The van der Waals surface area contributed by atoms with Gasteiger partial charge in [0.25, 0.3) is 0 Å². The molecule has 3 atom stereocenters. The molecule has 1 fully saturated rings. The van der Waals surface area contributed by atoms with Gasteiger partial charge in [0.2, 0.25) is 5.91 Å². The number of carbonyl (C=O) groups is 1. The monoisotopic (exact) mass is 216 g/mol. The standard InChI is InChI=1S/C10H20N2OS/c1-7-4-11-5-9(7)10(13)12-8(2)6-14-3/h7-9,11H,4-6H2,1-3H3,(H,12,13). The van der Waals surface area contributed by atoms with Crippen LogP contribution in [-0.4, -0.2) is 37.0 Å². The van der Waals surface area contributed by atoms with Crippen LogP contribution in [0.3, 0.4) is 0 Å². The fraction of sp³-hybridized carbons (Fsp3) is 0.900. The van der Waals surface area contributed by atoms with Crippen LogP contribution in [0.25, 0.3) is 0 Å². The molecule has 0 aromatic rings. The number of nitrogens with one attached hydrogen (secondary N) is 2. The van der Waals surface area contributed by atoms with Gasteiger partial charge < -0.3 is 10.6 Å². The van der Waals surface area contributed by atoms with Crippen molar-refractivity contribution >= 4 is 17.7 Å². The molecule has 1 aliphatic heterocycles. The number of amides is 1. The molecule has 1 rings (SSSR count). The summed E-state index contributed by atoms with van der Waals surface area (Å²) < 4.78 is 0. The van der Waals surface area contributed by atoms with E-state index in [1.54, 1.807) is 11.8 Å². The van der Waals surface area contributed by atoms with Gasteiger partial charge in [-0.2, -0.15) is 11.8 Å². The molecule has 1 amide bonds. The lowest BCUT2D eigenvalue weighted by Gasteiger charge is -2.18. The third-order valence-electron chi connectivity index (χ3n) is 2.66.